The first-order valence-electron chi connectivity index (χ1n) is 31.4. The van der Waals surface area contributed by atoms with Gasteiger partial charge in [0.15, 0.2) is 0 Å². The third-order valence-electron chi connectivity index (χ3n) is 14.8. The molecular weight excluding hydrogens is 851 g/mol. The molecule has 6 heteroatoms. The van der Waals surface area contributed by atoms with Gasteiger partial charge in [-0.3, -0.25) is 9.59 Å². The predicted octanol–water partition coefficient (Wildman–Crippen LogP) is 19.6. The molecule has 0 fully saturated rings. The van der Waals surface area contributed by atoms with Crippen LogP contribution < -0.4 is 5.32 Å². The van der Waals surface area contributed by atoms with Crippen LogP contribution in [-0.4, -0.2) is 47.4 Å². The number of unbranched alkanes of at least 4 members (excludes halogenated alkanes) is 46. The molecule has 410 valence electrons. The van der Waals surface area contributed by atoms with Gasteiger partial charge in [-0.15, -0.1) is 0 Å². The summed E-state index contributed by atoms with van der Waals surface area (Å²) in [6, 6.07) is -0.538. The maximum absolute atomic E-state index is 12.5. The zero-order valence-corrected chi connectivity index (χ0v) is 46.8. The summed E-state index contributed by atoms with van der Waals surface area (Å²) < 4.78 is 5.47. The Bertz CT molecular complexity index is 1030. The Morgan fingerprint density at radius 1 is 0.391 bits per heavy atom. The highest BCUT2D eigenvalue weighted by molar-refractivity contribution is 5.76. The number of amides is 1. The summed E-state index contributed by atoms with van der Waals surface area (Å²) in [6.45, 7) is 4.95. The maximum atomic E-state index is 12.5. The van der Waals surface area contributed by atoms with Crippen LogP contribution in [0.1, 0.15) is 354 Å². The van der Waals surface area contributed by atoms with Crippen LogP contribution in [0, 0.1) is 0 Å². The highest BCUT2D eigenvalue weighted by Crippen LogP contribution is 2.18. The van der Waals surface area contributed by atoms with Crippen molar-refractivity contribution in [2.75, 3.05) is 13.2 Å². The van der Waals surface area contributed by atoms with E-state index >= 15 is 0 Å². The van der Waals surface area contributed by atoms with E-state index in [1.165, 1.54) is 276 Å². The standard InChI is InChI=1S/C63H123NO5/c1-3-5-7-9-11-13-15-17-32-35-39-43-47-51-55-61(66)60(59-65)64-62(67)56-52-48-44-40-36-33-30-28-26-24-22-20-18-19-21-23-25-27-29-31-34-38-42-46-50-54-58-69-63(68)57-53-49-45-41-37-16-14-12-10-8-6-4-2/h12,14,60-61,65-66H,3-11,13,15-59H2,1-2H3,(H,64,67)/b14-12-. The molecule has 0 saturated heterocycles. The molecule has 0 radical (unpaired) electrons. The average molecular weight is 975 g/mol. The van der Waals surface area contributed by atoms with Crippen molar-refractivity contribution < 1.29 is 24.5 Å². The Kier molecular flexibility index (Phi) is 58.0. The van der Waals surface area contributed by atoms with Crippen molar-refractivity contribution in [1.82, 2.24) is 5.32 Å². The molecule has 0 saturated carbocycles. The van der Waals surface area contributed by atoms with Gasteiger partial charge in [0.25, 0.3) is 0 Å². The summed E-state index contributed by atoms with van der Waals surface area (Å²) >= 11 is 0. The van der Waals surface area contributed by atoms with Crippen LogP contribution >= 0.6 is 0 Å². The lowest BCUT2D eigenvalue weighted by molar-refractivity contribution is -0.143. The molecule has 69 heavy (non-hydrogen) atoms. The highest BCUT2D eigenvalue weighted by atomic mass is 16.5. The minimum atomic E-state index is -0.661. The van der Waals surface area contributed by atoms with E-state index in [-0.39, 0.29) is 18.5 Å². The van der Waals surface area contributed by atoms with Crippen molar-refractivity contribution in [1.29, 1.82) is 0 Å². The van der Waals surface area contributed by atoms with Crippen LogP contribution in [0.5, 0.6) is 0 Å². The van der Waals surface area contributed by atoms with Crippen molar-refractivity contribution >= 4 is 11.9 Å². The van der Waals surface area contributed by atoms with Gasteiger partial charge in [0.05, 0.1) is 25.4 Å². The van der Waals surface area contributed by atoms with Crippen molar-refractivity contribution in [3.8, 4) is 0 Å². The summed E-state index contributed by atoms with van der Waals surface area (Å²) in [4.78, 5) is 24.5. The van der Waals surface area contributed by atoms with E-state index in [2.05, 4.69) is 31.3 Å². The van der Waals surface area contributed by atoms with E-state index in [0.29, 0.717) is 25.9 Å². The van der Waals surface area contributed by atoms with Gasteiger partial charge in [0, 0.05) is 12.8 Å². The number of aliphatic hydroxyl groups excluding tert-OH is 2. The van der Waals surface area contributed by atoms with Crippen molar-refractivity contribution in [2.24, 2.45) is 0 Å². The third kappa shape index (κ3) is 55.8. The fraction of sp³-hybridized carbons (Fsp3) is 0.937. The molecule has 6 nitrogen and oxygen atoms in total. The summed E-state index contributed by atoms with van der Waals surface area (Å²) in [7, 11) is 0. The summed E-state index contributed by atoms with van der Waals surface area (Å²) in [5, 5.41) is 23.3. The molecule has 3 N–H and O–H groups in total. The second kappa shape index (κ2) is 59.2. The maximum Gasteiger partial charge on any atom is 0.305 e. The number of carbonyl (C=O) groups excluding carboxylic acids is 2. The van der Waals surface area contributed by atoms with Crippen LogP contribution in [0.3, 0.4) is 0 Å². The minimum Gasteiger partial charge on any atom is -0.466 e. The molecule has 0 rings (SSSR count). The lowest BCUT2D eigenvalue weighted by Crippen LogP contribution is -2.45. The largest absolute Gasteiger partial charge is 0.466 e. The van der Waals surface area contributed by atoms with Gasteiger partial charge in [0.2, 0.25) is 5.91 Å². The minimum absolute atomic E-state index is 0.00768. The molecule has 2 unspecified atom stereocenters. The van der Waals surface area contributed by atoms with E-state index in [9.17, 15) is 19.8 Å². The number of aliphatic hydroxyl groups is 2. The average Bonchev–Trinajstić information content (AvgIpc) is 3.35. The molecule has 0 aliphatic carbocycles. The predicted molar refractivity (Wildman–Crippen MR) is 301 cm³/mol. The Morgan fingerprint density at radius 2 is 0.681 bits per heavy atom. The molecule has 0 aliphatic heterocycles. The first kappa shape index (κ1) is 67.6. The molecule has 0 aliphatic rings. The molecule has 0 bridgehead atoms. The Morgan fingerprint density at radius 3 is 1.06 bits per heavy atom. The number of rotatable bonds is 59. The number of allylic oxidation sites excluding steroid dienone is 2. The van der Waals surface area contributed by atoms with Crippen LogP contribution in [0.4, 0.5) is 0 Å². The number of ether oxygens (including phenoxy) is 1. The lowest BCUT2D eigenvalue weighted by atomic mass is 10.0. The number of esters is 1. The van der Waals surface area contributed by atoms with Crippen LogP contribution in [0.15, 0.2) is 12.2 Å². The monoisotopic (exact) mass is 974 g/mol. The van der Waals surface area contributed by atoms with E-state index in [0.717, 1.165) is 44.9 Å². The smallest absolute Gasteiger partial charge is 0.305 e. The van der Waals surface area contributed by atoms with Crippen molar-refractivity contribution in [3.05, 3.63) is 12.2 Å². The first-order chi connectivity index (χ1) is 34.0. The van der Waals surface area contributed by atoms with Crippen molar-refractivity contribution in [3.63, 3.8) is 0 Å². The third-order valence-corrected chi connectivity index (χ3v) is 14.8. The van der Waals surface area contributed by atoms with E-state index in [1.54, 1.807) is 0 Å². The van der Waals surface area contributed by atoms with Gasteiger partial charge in [0.1, 0.15) is 0 Å². The summed E-state index contributed by atoms with van der Waals surface area (Å²) in [5.74, 6) is -0.0229. The van der Waals surface area contributed by atoms with Gasteiger partial charge < -0.3 is 20.3 Å². The zero-order chi connectivity index (χ0) is 50.0. The SMILES string of the molecule is CCCCC/C=C\CCCCCCCC(=O)OCCCCCCCCCCCCCCCCCCCCCCCCCCCCC(=O)NC(CO)C(O)CCCCCCCCCCCCCCCC. The highest BCUT2D eigenvalue weighted by Gasteiger charge is 2.20. The normalized spacial score (nSPS) is 12.6. The zero-order valence-electron chi connectivity index (χ0n) is 46.8. The number of hydrogen-bond acceptors (Lipinski definition) is 5. The van der Waals surface area contributed by atoms with Crippen LogP contribution in [0.25, 0.3) is 0 Å². The van der Waals surface area contributed by atoms with E-state index in [1.807, 2.05) is 0 Å². The second-order valence-corrected chi connectivity index (χ2v) is 21.7. The number of hydrogen-bond donors (Lipinski definition) is 3. The molecule has 1 amide bonds. The van der Waals surface area contributed by atoms with Gasteiger partial charge >= 0.3 is 5.97 Å². The van der Waals surface area contributed by atoms with Gasteiger partial charge in [-0.1, -0.05) is 302 Å². The molecule has 0 heterocycles. The Balaban J connectivity index is 3.34. The quantitative estimate of drug-likeness (QED) is 0.0321. The first-order valence-corrected chi connectivity index (χ1v) is 31.4. The fourth-order valence-electron chi connectivity index (χ4n) is 9.99. The summed E-state index contributed by atoms with van der Waals surface area (Å²) in [5.41, 5.74) is 0. The van der Waals surface area contributed by atoms with Gasteiger partial charge in [-0.25, -0.2) is 0 Å². The summed E-state index contributed by atoms with van der Waals surface area (Å²) in [6.07, 6.45) is 70.9. The van der Waals surface area contributed by atoms with Crippen molar-refractivity contribution in [2.45, 2.75) is 366 Å². The number of carbonyl (C=O) groups is 2. The van der Waals surface area contributed by atoms with E-state index in [4.69, 9.17) is 4.74 Å². The molecule has 0 aromatic carbocycles. The van der Waals surface area contributed by atoms with Gasteiger partial charge in [-0.2, -0.15) is 0 Å². The van der Waals surface area contributed by atoms with Gasteiger partial charge in [-0.05, 0) is 51.4 Å². The molecule has 0 spiro atoms. The molecule has 0 aromatic rings. The Labute approximate surface area is 431 Å². The Hall–Kier alpha value is -1.40. The lowest BCUT2D eigenvalue weighted by Gasteiger charge is -2.22. The molecular formula is C63H123NO5. The molecule has 0 aromatic heterocycles. The van der Waals surface area contributed by atoms with Crippen LogP contribution in [-0.2, 0) is 14.3 Å². The number of nitrogens with one attached hydrogen (secondary N) is 1. The molecule has 2 atom stereocenters. The van der Waals surface area contributed by atoms with Crippen LogP contribution in [0.2, 0.25) is 0 Å². The van der Waals surface area contributed by atoms with E-state index < -0.39 is 12.1 Å². The fourth-order valence-corrected chi connectivity index (χ4v) is 9.99. The second-order valence-electron chi connectivity index (χ2n) is 21.7. The topological polar surface area (TPSA) is 95.9 Å².